The molecule has 2 rings (SSSR count). The van der Waals surface area contributed by atoms with Crippen LogP contribution in [0.4, 0.5) is 9.18 Å². The van der Waals surface area contributed by atoms with Gasteiger partial charge in [-0.25, -0.2) is 22.3 Å². The van der Waals surface area contributed by atoms with E-state index in [0.717, 1.165) is 6.07 Å². The number of allylic oxidation sites excluding steroid dienone is 1. The number of hydrogen-bond donors (Lipinski definition) is 2. The molecule has 1 aliphatic heterocycles. The number of amides is 3. The summed E-state index contributed by atoms with van der Waals surface area (Å²) >= 11 is 0. The zero-order valence-corrected chi connectivity index (χ0v) is 18.0. The Bertz CT molecular complexity index is 886. The van der Waals surface area contributed by atoms with E-state index >= 15 is 0 Å². The largest absolute Gasteiger partial charge is 0.490 e. The maximum absolute atomic E-state index is 13.8. The van der Waals surface area contributed by atoms with Crippen molar-refractivity contribution in [2.75, 3.05) is 26.2 Å². The number of carbonyl (C=O) groups excluding carboxylic acids is 2. The third-order valence-electron chi connectivity index (χ3n) is 4.26. The molecule has 0 bridgehead atoms. The number of rotatable bonds is 11. The van der Waals surface area contributed by atoms with E-state index in [1.165, 1.54) is 17.0 Å². The molecule has 2 N–H and O–H groups in total. The monoisotopic (exact) mass is 441 g/mol. The van der Waals surface area contributed by atoms with Crippen LogP contribution < -0.4 is 14.8 Å². The Hall–Kier alpha value is -2.46. The number of hydrogen-bond acceptors (Lipinski definition) is 5. The first-order valence-corrected chi connectivity index (χ1v) is 11.3. The van der Waals surface area contributed by atoms with Gasteiger partial charge in [0.2, 0.25) is 15.9 Å². The van der Waals surface area contributed by atoms with Crippen LogP contribution in [0, 0.1) is 11.7 Å². The van der Waals surface area contributed by atoms with Crippen LogP contribution in [-0.4, -0.2) is 51.5 Å². The zero-order chi connectivity index (χ0) is 22.1. The van der Waals surface area contributed by atoms with Crippen LogP contribution in [0.3, 0.4) is 0 Å². The van der Waals surface area contributed by atoms with Gasteiger partial charge in [0.05, 0.1) is 11.5 Å². The topological polar surface area (TPSA) is 105 Å². The number of nitrogens with one attached hydrogen (secondary N) is 2. The first-order valence-electron chi connectivity index (χ1n) is 9.85. The van der Waals surface area contributed by atoms with Gasteiger partial charge < -0.3 is 9.64 Å². The Kier molecular flexibility index (Phi) is 8.79. The molecule has 0 saturated carbocycles. The summed E-state index contributed by atoms with van der Waals surface area (Å²) in [6.45, 7) is 5.10. The van der Waals surface area contributed by atoms with Crippen molar-refractivity contribution in [3.8, 4) is 5.75 Å². The average molecular weight is 442 g/mol. The van der Waals surface area contributed by atoms with E-state index in [4.69, 9.17) is 4.74 Å². The quantitative estimate of drug-likeness (QED) is 0.405. The van der Waals surface area contributed by atoms with Crippen molar-refractivity contribution in [3.05, 3.63) is 36.2 Å². The second-order valence-electron chi connectivity index (χ2n) is 7.36. The molecule has 3 amide bonds. The normalized spacial score (nSPS) is 15.1. The van der Waals surface area contributed by atoms with Crippen LogP contribution in [0.1, 0.15) is 33.1 Å². The van der Waals surface area contributed by atoms with E-state index in [1.54, 1.807) is 0 Å². The maximum atomic E-state index is 13.8. The third-order valence-corrected chi connectivity index (χ3v) is 5.72. The van der Waals surface area contributed by atoms with E-state index in [9.17, 15) is 22.4 Å². The summed E-state index contributed by atoms with van der Waals surface area (Å²) in [5.74, 6) is -0.778. The molecule has 1 aromatic rings. The Morgan fingerprint density at radius 1 is 1.30 bits per heavy atom. The highest BCUT2D eigenvalue weighted by atomic mass is 32.2. The fourth-order valence-electron chi connectivity index (χ4n) is 2.62. The van der Waals surface area contributed by atoms with Gasteiger partial charge in [0.1, 0.15) is 0 Å². The molecule has 1 aliphatic rings. The van der Waals surface area contributed by atoms with Crippen molar-refractivity contribution < 1.29 is 27.1 Å². The number of urea groups is 1. The fraction of sp³-hybridized carbons (Fsp3) is 0.500. The highest BCUT2D eigenvalue weighted by molar-refractivity contribution is 7.89. The summed E-state index contributed by atoms with van der Waals surface area (Å²) in [5, 5.41) is 2.25. The molecule has 1 saturated heterocycles. The average Bonchev–Trinajstić information content (AvgIpc) is 2.67. The molecular formula is C20H28FN3O5S. The number of unbranched alkanes of at least 4 members (excludes halogenated alkanes) is 1. The molecule has 1 aromatic carbocycles. The van der Waals surface area contributed by atoms with Gasteiger partial charge >= 0.3 is 6.03 Å². The minimum absolute atomic E-state index is 0.0520. The number of imide groups is 1. The van der Waals surface area contributed by atoms with Crippen LogP contribution in [-0.2, 0) is 14.8 Å². The highest BCUT2D eigenvalue weighted by Gasteiger charge is 2.21. The van der Waals surface area contributed by atoms with Crippen molar-refractivity contribution >= 4 is 22.0 Å². The predicted molar refractivity (Wildman–Crippen MR) is 110 cm³/mol. The molecule has 8 nitrogen and oxygen atoms in total. The highest BCUT2D eigenvalue weighted by Crippen LogP contribution is 2.22. The Morgan fingerprint density at radius 2 is 2.07 bits per heavy atom. The second-order valence-corrected chi connectivity index (χ2v) is 9.12. The summed E-state index contributed by atoms with van der Waals surface area (Å²) in [6, 6.07) is 3.07. The van der Waals surface area contributed by atoms with Gasteiger partial charge in [-0.2, -0.15) is 0 Å². The maximum Gasteiger partial charge on any atom is 0.324 e. The van der Waals surface area contributed by atoms with Gasteiger partial charge in [-0.3, -0.25) is 10.1 Å². The van der Waals surface area contributed by atoms with Gasteiger partial charge in [0.25, 0.3) is 0 Å². The third kappa shape index (κ3) is 7.42. The second kappa shape index (κ2) is 11.1. The van der Waals surface area contributed by atoms with Crippen LogP contribution in [0.15, 0.2) is 35.2 Å². The first kappa shape index (κ1) is 23.8. The van der Waals surface area contributed by atoms with Crippen molar-refractivity contribution in [1.82, 2.24) is 14.9 Å². The minimum atomic E-state index is -3.77. The summed E-state index contributed by atoms with van der Waals surface area (Å²) in [5.41, 5.74) is 0. The van der Waals surface area contributed by atoms with E-state index in [2.05, 4.69) is 10.0 Å². The van der Waals surface area contributed by atoms with Crippen molar-refractivity contribution in [1.29, 1.82) is 0 Å². The molecule has 166 valence electrons. The summed E-state index contributed by atoms with van der Waals surface area (Å²) in [4.78, 5) is 24.1. The number of ether oxygens (including phenoxy) is 1. The lowest BCUT2D eigenvalue weighted by atomic mass is 10.2. The minimum Gasteiger partial charge on any atom is -0.490 e. The van der Waals surface area contributed by atoms with Gasteiger partial charge in [0.15, 0.2) is 11.6 Å². The van der Waals surface area contributed by atoms with E-state index in [0.29, 0.717) is 25.9 Å². The molecule has 30 heavy (non-hydrogen) atoms. The molecule has 0 radical (unpaired) electrons. The fourth-order valence-corrected chi connectivity index (χ4v) is 3.71. The van der Waals surface area contributed by atoms with Crippen molar-refractivity contribution in [3.63, 3.8) is 0 Å². The molecule has 1 heterocycles. The van der Waals surface area contributed by atoms with Crippen LogP contribution >= 0.6 is 0 Å². The summed E-state index contributed by atoms with van der Waals surface area (Å²) in [6.07, 6.45) is 5.12. The lowest BCUT2D eigenvalue weighted by Gasteiger charge is -2.25. The van der Waals surface area contributed by atoms with Crippen molar-refractivity contribution in [2.24, 2.45) is 5.92 Å². The molecule has 0 spiro atoms. The number of carbonyl (C=O) groups is 2. The van der Waals surface area contributed by atoms with Crippen molar-refractivity contribution in [2.45, 2.75) is 38.0 Å². The number of halogens is 1. The summed E-state index contributed by atoms with van der Waals surface area (Å²) in [7, 11) is -3.77. The molecule has 10 heteroatoms. The van der Waals surface area contributed by atoms with Gasteiger partial charge in [-0.15, -0.1) is 0 Å². The van der Waals surface area contributed by atoms with Gasteiger partial charge in [0, 0.05) is 32.1 Å². The van der Waals surface area contributed by atoms with E-state index in [-0.39, 0.29) is 42.0 Å². The standard InChI is InChI=1S/C20H28FN3O5S/c1-15(2)14-29-18-13-16(7-8-17(18)21)30(27,28)22-10-5-3-4-6-11-24-12-9-19(25)23-20(24)26/h4,6-8,13,15,22H,3,5,9-12,14H2,1-2H3,(H,23,25,26)/b6-4+. The van der Waals surface area contributed by atoms with Crippen LogP contribution in [0.2, 0.25) is 0 Å². The summed E-state index contributed by atoms with van der Waals surface area (Å²) < 4.78 is 46.5. The lowest BCUT2D eigenvalue weighted by Crippen LogP contribution is -2.49. The van der Waals surface area contributed by atoms with Gasteiger partial charge in [-0.1, -0.05) is 26.0 Å². The number of benzene rings is 1. The molecule has 0 aromatic heterocycles. The SMILES string of the molecule is CC(C)COc1cc(S(=O)(=O)NCCC/C=C/CN2CCC(=O)NC2=O)ccc1F. The molecule has 0 unspecified atom stereocenters. The number of nitrogens with zero attached hydrogens (tertiary/aromatic N) is 1. The molecule has 1 fully saturated rings. The number of sulfonamides is 1. The zero-order valence-electron chi connectivity index (χ0n) is 17.2. The Balaban J connectivity index is 1.76. The lowest BCUT2D eigenvalue weighted by molar-refractivity contribution is -0.121. The van der Waals surface area contributed by atoms with E-state index in [1.807, 2.05) is 26.0 Å². The smallest absolute Gasteiger partial charge is 0.324 e. The Morgan fingerprint density at radius 3 is 2.77 bits per heavy atom. The first-order chi connectivity index (χ1) is 14.2. The predicted octanol–water partition coefficient (Wildman–Crippen LogP) is 2.42. The molecular weight excluding hydrogens is 413 g/mol. The Labute approximate surface area is 176 Å². The van der Waals surface area contributed by atoms with Crippen LogP contribution in [0.5, 0.6) is 5.75 Å². The molecule has 0 atom stereocenters. The van der Waals surface area contributed by atoms with E-state index < -0.39 is 21.9 Å². The van der Waals surface area contributed by atoms with Gasteiger partial charge in [-0.05, 0) is 30.9 Å². The molecule has 0 aliphatic carbocycles. The van der Waals surface area contributed by atoms with Crippen LogP contribution in [0.25, 0.3) is 0 Å².